The molecule has 0 saturated carbocycles. The van der Waals surface area contributed by atoms with E-state index in [1.165, 1.54) is 11.4 Å². The van der Waals surface area contributed by atoms with Gasteiger partial charge in [-0.1, -0.05) is 11.6 Å². The lowest BCUT2D eigenvalue weighted by Crippen LogP contribution is -2.48. The largest absolute Gasteiger partial charge is 0.497 e. The highest BCUT2D eigenvalue weighted by atomic mass is 35.5. The molecule has 2 aromatic carbocycles. The summed E-state index contributed by atoms with van der Waals surface area (Å²) in [5.41, 5.74) is 1.55. The molecular weight excluding hydrogens is 466 g/mol. The number of piperazine rings is 1. The zero-order valence-electron chi connectivity index (χ0n) is 19.2. The monoisotopic (exact) mass is 495 g/mol. The van der Waals surface area contributed by atoms with Crippen molar-refractivity contribution in [2.24, 2.45) is 0 Å². The van der Waals surface area contributed by atoms with Crippen LogP contribution in [0, 0.1) is 0 Å². The number of hydrogen-bond donors (Lipinski definition) is 0. The molecule has 33 heavy (non-hydrogen) atoms. The molecule has 1 heterocycles. The third-order valence-electron chi connectivity index (χ3n) is 5.65. The van der Waals surface area contributed by atoms with E-state index in [1.807, 2.05) is 29.2 Å². The molecule has 1 saturated heterocycles. The quantitative estimate of drug-likeness (QED) is 0.531. The number of amides is 1. The molecule has 8 nitrogen and oxygen atoms in total. The number of methoxy groups -OCH3 is 2. The first-order valence-corrected chi connectivity index (χ1v) is 12.9. The fraction of sp³-hybridized carbons (Fsp3) is 0.435. The van der Waals surface area contributed by atoms with Gasteiger partial charge in [0, 0.05) is 44.8 Å². The molecule has 0 N–H and O–H groups in total. The van der Waals surface area contributed by atoms with Crippen LogP contribution >= 0.6 is 11.6 Å². The summed E-state index contributed by atoms with van der Waals surface area (Å²) in [6.07, 6.45) is 1.83. The van der Waals surface area contributed by atoms with Gasteiger partial charge in [0.1, 0.15) is 11.5 Å². The van der Waals surface area contributed by atoms with E-state index >= 15 is 0 Å². The molecule has 0 aromatic heterocycles. The van der Waals surface area contributed by atoms with E-state index in [4.69, 9.17) is 21.1 Å². The molecule has 0 aliphatic carbocycles. The Morgan fingerprint density at radius 3 is 2.24 bits per heavy atom. The van der Waals surface area contributed by atoms with E-state index in [0.717, 1.165) is 30.8 Å². The number of hydrogen-bond acceptors (Lipinski definition) is 6. The first-order chi connectivity index (χ1) is 15.7. The van der Waals surface area contributed by atoms with Crippen molar-refractivity contribution >= 4 is 38.9 Å². The second-order valence-electron chi connectivity index (χ2n) is 7.82. The lowest BCUT2D eigenvalue weighted by Gasteiger charge is -2.36. The second kappa shape index (κ2) is 11.0. The predicted molar refractivity (Wildman–Crippen MR) is 131 cm³/mol. The number of ether oxygens (including phenoxy) is 2. The maximum absolute atomic E-state index is 12.7. The second-order valence-corrected chi connectivity index (χ2v) is 10.1. The van der Waals surface area contributed by atoms with Gasteiger partial charge in [-0.25, -0.2) is 8.42 Å². The van der Waals surface area contributed by atoms with Crippen molar-refractivity contribution < 1.29 is 22.7 Å². The molecule has 3 rings (SSSR count). The van der Waals surface area contributed by atoms with E-state index in [9.17, 15) is 13.2 Å². The molecule has 10 heteroatoms. The number of carbonyl (C=O) groups is 1. The molecule has 180 valence electrons. The normalized spacial score (nSPS) is 14.2. The number of halogens is 1. The highest BCUT2D eigenvalue weighted by molar-refractivity contribution is 7.92. The highest BCUT2D eigenvalue weighted by Gasteiger charge is 2.23. The van der Waals surface area contributed by atoms with Crippen LogP contribution in [0.2, 0.25) is 5.02 Å². The summed E-state index contributed by atoms with van der Waals surface area (Å²) in [5.74, 6) is 1.32. The van der Waals surface area contributed by atoms with Gasteiger partial charge in [-0.3, -0.25) is 9.10 Å². The van der Waals surface area contributed by atoms with Gasteiger partial charge < -0.3 is 19.3 Å². The van der Waals surface area contributed by atoms with Gasteiger partial charge >= 0.3 is 0 Å². The Bertz CT molecular complexity index is 1050. The third kappa shape index (κ3) is 6.45. The number of anilines is 2. The Morgan fingerprint density at radius 1 is 1.03 bits per heavy atom. The number of sulfonamides is 1. The van der Waals surface area contributed by atoms with Crippen molar-refractivity contribution in [3.63, 3.8) is 0 Å². The van der Waals surface area contributed by atoms with Gasteiger partial charge in [0.25, 0.3) is 0 Å². The van der Waals surface area contributed by atoms with Crippen LogP contribution in [0.4, 0.5) is 11.4 Å². The Kier molecular flexibility index (Phi) is 8.31. The zero-order valence-corrected chi connectivity index (χ0v) is 20.7. The van der Waals surface area contributed by atoms with Crippen molar-refractivity contribution in [3.05, 3.63) is 47.5 Å². The molecule has 0 atom stereocenters. The summed E-state index contributed by atoms with van der Waals surface area (Å²) in [6.45, 7) is 2.96. The van der Waals surface area contributed by atoms with Gasteiger partial charge in [-0.05, 0) is 48.9 Å². The van der Waals surface area contributed by atoms with E-state index in [-0.39, 0.29) is 18.9 Å². The molecule has 2 aromatic rings. The fourth-order valence-electron chi connectivity index (χ4n) is 3.84. The van der Waals surface area contributed by atoms with Crippen molar-refractivity contribution in [3.8, 4) is 11.5 Å². The van der Waals surface area contributed by atoms with Crippen LogP contribution in [0.3, 0.4) is 0 Å². The Morgan fingerprint density at radius 2 is 1.70 bits per heavy atom. The van der Waals surface area contributed by atoms with E-state index in [1.54, 1.807) is 25.3 Å². The predicted octanol–water partition coefficient (Wildman–Crippen LogP) is 3.25. The number of rotatable bonds is 9. The number of carbonyl (C=O) groups excluding carboxylic acids is 1. The van der Waals surface area contributed by atoms with Crippen LogP contribution in [0.25, 0.3) is 0 Å². The summed E-state index contributed by atoms with van der Waals surface area (Å²) in [7, 11) is -0.389. The molecule has 0 unspecified atom stereocenters. The minimum atomic E-state index is -3.53. The molecule has 0 spiro atoms. The molecular formula is C23H30ClN3O5S. The topological polar surface area (TPSA) is 79.4 Å². The van der Waals surface area contributed by atoms with E-state index in [2.05, 4.69) is 4.90 Å². The minimum Gasteiger partial charge on any atom is -0.497 e. The summed E-state index contributed by atoms with van der Waals surface area (Å²) in [4.78, 5) is 16.8. The fourth-order valence-corrected chi connectivity index (χ4v) is 5.05. The van der Waals surface area contributed by atoms with E-state index < -0.39 is 10.0 Å². The lowest BCUT2D eigenvalue weighted by atomic mass is 10.2. The minimum absolute atomic E-state index is 0.0330. The van der Waals surface area contributed by atoms with Crippen LogP contribution in [0.15, 0.2) is 42.5 Å². The van der Waals surface area contributed by atoms with Crippen molar-refractivity contribution in [1.82, 2.24) is 4.90 Å². The molecule has 1 aliphatic rings. The van der Waals surface area contributed by atoms with Crippen LogP contribution < -0.4 is 18.7 Å². The first-order valence-electron chi connectivity index (χ1n) is 10.7. The average molecular weight is 496 g/mol. The molecule has 1 aliphatic heterocycles. The standard InChI is InChI=1S/C23H30ClN3O5S/c1-31-20-9-6-18(7-10-20)25-13-15-26(16-14-25)23(28)5-4-12-27(33(3,29)30)19-8-11-22(32-2)21(24)17-19/h6-11,17H,4-5,12-16H2,1-3H3. The van der Waals surface area contributed by atoms with E-state index in [0.29, 0.717) is 36.0 Å². The average Bonchev–Trinajstić information content (AvgIpc) is 2.81. The Labute approximate surface area is 200 Å². The maximum Gasteiger partial charge on any atom is 0.232 e. The van der Waals surface area contributed by atoms with Crippen LogP contribution in [-0.4, -0.2) is 72.4 Å². The summed E-state index contributed by atoms with van der Waals surface area (Å²) in [5, 5.41) is 0.328. The maximum atomic E-state index is 12.7. The van der Waals surface area contributed by atoms with Crippen molar-refractivity contribution in [2.75, 3.05) is 62.4 Å². The smallest absolute Gasteiger partial charge is 0.232 e. The Balaban J connectivity index is 1.52. The van der Waals surface area contributed by atoms with Crippen LogP contribution in [0.5, 0.6) is 11.5 Å². The molecule has 0 radical (unpaired) electrons. The zero-order chi connectivity index (χ0) is 24.0. The van der Waals surface area contributed by atoms with Crippen molar-refractivity contribution in [2.45, 2.75) is 12.8 Å². The van der Waals surface area contributed by atoms with Crippen LogP contribution in [-0.2, 0) is 14.8 Å². The SMILES string of the molecule is COc1ccc(N2CCN(C(=O)CCCN(c3ccc(OC)c(Cl)c3)S(C)(=O)=O)CC2)cc1. The third-order valence-corrected chi connectivity index (χ3v) is 7.13. The number of nitrogens with zero attached hydrogens (tertiary/aromatic N) is 3. The van der Waals surface area contributed by atoms with Gasteiger partial charge in [-0.2, -0.15) is 0 Å². The highest BCUT2D eigenvalue weighted by Crippen LogP contribution is 2.30. The summed E-state index contributed by atoms with van der Waals surface area (Å²) >= 11 is 6.16. The molecule has 0 bridgehead atoms. The van der Waals surface area contributed by atoms with Crippen molar-refractivity contribution in [1.29, 1.82) is 0 Å². The molecule has 1 amide bonds. The number of benzene rings is 2. The van der Waals surface area contributed by atoms with Gasteiger partial charge in [-0.15, -0.1) is 0 Å². The van der Waals surface area contributed by atoms with Gasteiger partial charge in [0.15, 0.2) is 0 Å². The lowest BCUT2D eigenvalue weighted by molar-refractivity contribution is -0.131. The summed E-state index contributed by atoms with van der Waals surface area (Å²) < 4.78 is 36.3. The van der Waals surface area contributed by atoms with Gasteiger partial charge in [0.2, 0.25) is 15.9 Å². The summed E-state index contributed by atoms with van der Waals surface area (Å²) in [6, 6.07) is 12.7. The Hall–Kier alpha value is -2.65. The first kappa shape index (κ1) is 25.0. The van der Waals surface area contributed by atoms with Gasteiger partial charge in [0.05, 0.1) is 31.2 Å². The molecule has 1 fully saturated rings. The van der Waals surface area contributed by atoms with Crippen LogP contribution in [0.1, 0.15) is 12.8 Å².